The molecule has 0 fully saturated rings. The summed E-state index contributed by atoms with van der Waals surface area (Å²) in [5, 5.41) is 19.6. The van der Waals surface area contributed by atoms with Crippen molar-refractivity contribution in [3.63, 3.8) is 0 Å². The van der Waals surface area contributed by atoms with Crippen molar-refractivity contribution in [1.82, 2.24) is 9.78 Å². The van der Waals surface area contributed by atoms with Crippen LogP contribution in [0.15, 0.2) is 35.6 Å². The van der Waals surface area contributed by atoms with Crippen LogP contribution in [0, 0.1) is 11.8 Å². The van der Waals surface area contributed by atoms with E-state index in [4.69, 9.17) is 14.3 Å². The minimum absolute atomic E-state index is 0.0746. The van der Waals surface area contributed by atoms with Crippen LogP contribution in [0.3, 0.4) is 0 Å². The highest BCUT2D eigenvalue weighted by Crippen LogP contribution is 2.47. The third-order valence-corrected chi connectivity index (χ3v) is 5.39. The van der Waals surface area contributed by atoms with Crippen LogP contribution in [0.5, 0.6) is 5.75 Å². The Morgan fingerprint density at radius 2 is 2.14 bits per heavy atom. The molecule has 0 radical (unpaired) electrons. The van der Waals surface area contributed by atoms with Gasteiger partial charge in [0, 0.05) is 5.69 Å². The molecular weight excluding hydrogens is 362 g/mol. The van der Waals surface area contributed by atoms with Gasteiger partial charge in [0.25, 0.3) is 5.79 Å². The highest BCUT2D eigenvalue weighted by atomic mass is 16.7. The molecule has 0 spiro atoms. The molecule has 148 valence electrons. The second-order valence-corrected chi connectivity index (χ2v) is 7.15. The van der Waals surface area contributed by atoms with Gasteiger partial charge in [0.15, 0.2) is 5.71 Å². The number of carbonyl (C=O) groups is 1. The number of ether oxygens (including phenoxy) is 2. The second-order valence-electron chi connectivity index (χ2n) is 7.15. The van der Waals surface area contributed by atoms with E-state index >= 15 is 0 Å². The summed E-state index contributed by atoms with van der Waals surface area (Å²) in [5.41, 5.74) is 2.62. The number of oxime groups is 1. The Kier molecular flexibility index (Phi) is 4.58. The third kappa shape index (κ3) is 2.84. The number of nitrogens with zero attached hydrogens (tertiary/aromatic N) is 3. The Labute approximate surface area is 162 Å². The number of aliphatic hydroxyl groups is 1. The maximum atomic E-state index is 12.2. The van der Waals surface area contributed by atoms with Crippen LogP contribution >= 0.6 is 0 Å². The van der Waals surface area contributed by atoms with Crippen LogP contribution in [0.25, 0.3) is 0 Å². The van der Waals surface area contributed by atoms with Crippen LogP contribution < -0.4 is 4.74 Å². The number of methoxy groups -OCH3 is 1. The Balaban J connectivity index is 1.63. The lowest BCUT2D eigenvalue weighted by Gasteiger charge is -2.36. The van der Waals surface area contributed by atoms with E-state index in [2.05, 4.69) is 10.3 Å². The van der Waals surface area contributed by atoms with Gasteiger partial charge < -0.3 is 19.4 Å². The highest BCUT2D eigenvalue weighted by molar-refractivity contribution is 6.37. The Hall–Kier alpha value is -2.87. The van der Waals surface area contributed by atoms with Crippen LogP contribution in [0.1, 0.15) is 30.7 Å². The molecule has 0 amide bonds. The van der Waals surface area contributed by atoms with Gasteiger partial charge in [-0.05, 0) is 37.0 Å². The predicted molar refractivity (Wildman–Crippen MR) is 99.7 cm³/mol. The topological polar surface area (TPSA) is 95.2 Å². The van der Waals surface area contributed by atoms with Crippen molar-refractivity contribution in [1.29, 1.82) is 0 Å². The first kappa shape index (κ1) is 18.5. The smallest absolute Gasteiger partial charge is 0.356 e. The lowest BCUT2D eigenvalue weighted by molar-refractivity contribution is -0.229. The summed E-state index contributed by atoms with van der Waals surface area (Å²) in [7, 11) is 1.63. The molecule has 1 N–H and O–H groups in total. The van der Waals surface area contributed by atoms with Gasteiger partial charge in [-0.3, -0.25) is 4.68 Å². The fraction of sp³-hybridized carbons (Fsp3) is 0.450. The van der Waals surface area contributed by atoms with E-state index in [1.165, 1.54) is 0 Å². The van der Waals surface area contributed by atoms with Crippen molar-refractivity contribution < 1.29 is 24.2 Å². The largest absolute Gasteiger partial charge is 0.497 e. The molecule has 2 aliphatic rings. The third-order valence-electron chi connectivity index (χ3n) is 5.39. The number of carbonyl (C=O) groups excluding carboxylic acids is 1. The molecule has 1 aliphatic heterocycles. The van der Waals surface area contributed by atoms with Gasteiger partial charge in [0.1, 0.15) is 5.75 Å². The summed E-state index contributed by atoms with van der Waals surface area (Å²) in [6.45, 7) is 4.49. The number of hydrogen-bond acceptors (Lipinski definition) is 7. The number of rotatable bonds is 5. The van der Waals surface area contributed by atoms with Gasteiger partial charge >= 0.3 is 5.97 Å². The summed E-state index contributed by atoms with van der Waals surface area (Å²) in [4.78, 5) is 17.6. The number of fused-ring (bicyclic) bond motifs is 3. The molecule has 0 saturated carbocycles. The average Bonchev–Trinajstić information content (AvgIpc) is 3.25. The van der Waals surface area contributed by atoms with Crippen molar-refractivity contribution in [3.8, 4) is 5.75 Å². The van der Waals surface area contributed by atoms with Crippen LogP contribution in [-0.2, 0) is 33.1 Å². The monoisotopic (exact) mass is 385 g/mol. The Morgan fingerprint density at radius 3 is 2.82 bits per heavy atom. The van der Waals surface area contributed by atoms with E-state index in [0.717, 1.165) is 17.0 Å². The molecule has 2 heterocycles. The molecule has 1 aliphatic carbocycles. The molecule has 8 heteroatoms. The van der Waals surface area contributed by atoms with Crippen LogP contribution in [0.2, 0.25) is 0 Å². The van der Waals surface area contributed by atoms with Gasteiger partial charge in [-0.15, -0.1) is 0 Å². The van der Waals surface area contributed by atoms with E-state index in [0.29, 0.717) is 18.5 Å². The molecule has 0 saturated heterocycles. The summed E-state index contributed by atoms with van der Waals surface area (Å²) in [6, 6.07) is 7.75. The molecule has 1 aromatic carbocycles. The maximum absolute atomic E-state index is 12.2. The fourth-order valence-electron chi connectivity index (χ4n) is 4.05. The zero-order valence-electron chi connectivity index (χ0n) is 16.1. The van der Waals surface area contributed by atoms with Gasteiger partial charge in [0.05, 0.1) is 37.9 Å². The Morgan fingerprint density at radius 1 is 1.39 bits per heavy atom. The lowest BCUT2D eigenvalue weighted by Crippen LogP contribution is -2.46. The molecule has 28 heavy (non-hydrogen) atoms. The number of aromatic nitrogens is 2. The second kappa shape index (κ2) is 6.94. The first-order valence-corrected chi connectivity index (χ1v) is 9.31. The van der Waals surface area contributed by atoms with Gasteiger partial charge in [-0.1, -0.05) is 24.2 Å². The van der Waals surface area contributed by atoms with Crippen molar-refractivity contribution in [2.75, 3.05) is 13.7 Å². The van der Waals surface area contributed by atoms with Crippen molar-refractivity contribution in [3.05, 3.63) is 47.3 Å². The average molecular weight is 385 g/mol. The minimum Gasteiger partial charge on any atom is -0.497 e. The molecule has 2 aromatic rings. The van der Waals surface area contributed by atoms with Crippen molar-refractivity contribution in [2.45, 2.75) is 32.6 Å². The van der Waals surface area contributed by atoms with E-state index in [1.807, 2.05) is 35.9 Å². The highest BCUT2D eigenvalue weighted by Gasteiger charge is 2.58. The quantitative estimate of drug-likeness (QED) is 0.789. The molecule has 3 unspecified atom stereocenters. The zero-order chi connectivity index (χ0) is 19.9. The minimum atomic E-state index is -1.70. The Bertz CT molecular complexity index is 920. The van der Waals surface area contributed by atoms with Crippen molar-refractivity contribution >= 4 is 11.7 Å². The molecule has 8 nitrogen and oxygen atoms in total. The predicted octanol–water partition coefficient (Wildman–Crippen LogP) is 1.84. The normalized spacial score (nSPS) is 25.4. The van der Waals surface area contributed by atoms with Gasteiger partial charge in [0.2, 0.25) is 0 Å². The van der Waals surface area contributed by atoms with Crippen molar-refractivity contribution in [2.24, 2.45) is 17.0 Å². The first-order valence-electron chi connectivity index (χ1n) is 9.31. The fourth-order valence-corrected chi connectivity index (χ4v) is 4.05. The summed E-state index contributed by atoms with van der Waals surface area (Å²) >= 11 is 0. The van der Waals surface area contributed by atoms with Crippen LogP contribution in [0.4, 0.5) is 0 Å². The molecule has 1 aromatic heterocycles. The first-order chi connectivity index (χ1) is 13.5. The summed E-state index contributed by atoms with van der Waals surface area (Å²) in [6.07, 6.45) is 2.24. The zero-order valence-corrected chi connectivity index (χ0v) is 16.1. The standard InChI is InChI=1S/C20H23N3O5/c1-4-27-19(24)18-17-12(2)9-16-15(20(17,25)28-22-18)10-21-23(16)11-13-5-7-14(26-3)8-6-13/h5-8,10,12,17,25H,4,9,11H2,1-3H3. The number of hydrogen-bond donors (Lipinski definition) is 1. The maximum Gasteiger partial charge on any atom is 0.356 e. The number of esters is 1. The van der Waals surface area contributed by atoms with Crippen LogP contribution in [-0.4, -0.2) is 40.3 Å². The molecular formula is C20H23N3O5. The molecule has 4 rings (SSSR count). The van der Waals surface area contributed by atoms with E-state index in [-0.39, 0.29) is 18.2 Å². The summed E-state index contributed by atoms with van der Waals surface area (Å²) < 4.78 is 12.1. The SMILES string of the molecule is CCOC(=O)C1=NOC2(O)c3cnn(Cc4ccc(OC)cc4)c3CC(C)C12. The molecule has 0 bridgehead atoms. The number of benzene rings is 1. The lowest BCUT2D eigenvalue weighted by atomic mass is 9.73. The van der Waals surface area contributed by atoms with Gasteiger partial charge in [-0.25, -0.2) is 4.79 Å². The molecule has 3 atom stereocenters. The van der Waals surface area contributed by atoms with E-state index < -0.39 is 17.7 Å². The summed E-state index contributed by atoms with van der Waals surface area (Å²) in [5.74, 6) is -2.12. The van der Waals surface area contributed by atoms with E-state index in [1.54, 1.807) is 20.2 Å². The van der Waals surface area contributed by atoms with Gasteiger partial charge in [-0.2, -0.15) is 5.10 Å². The van der Waals surface area contributed by atoms with E-state index in [9.17, 15) is 9.90 Å².